The van der Waals surface area contributed by atoms with Gasteiger partial charge < -0.3 is 5.11 Å². The number of rotatable bonds is 9. The van der Waals surface area contributed by atoms with Crippen molar-refractivity contribution in [3.63, 3.8) is 0 Å². The van der Waals surface area contributed by atoms with Crippen molar-refractivity contribution in [2.75, 3.05) is 0 Å². The molecule has 1 fully saturated rings. The van der Waals surface area contributed by atoms with Crippen LogP contribution in [-0.2, 0) is 4.79 Å². The van der Waals surface area contributed by atoms with E-state index in [1.54, 1.807) is 6.92 Å². The maximum absolute atomic E-state index is 9.93. The summed E-state index contributed by atoms with van der Waals surface area (Å²) in [6.07, 6.45) is 31.5. The third-order valence-electron chi connectivity index (χ3n) is 7.02. The Morgan fingerprint density at radius 1 is 1.09 bits per heavy atom. The highest BCUT2D eigenvalue weighted by Crippen LogP contribution is 2.46. The molecule has 2 rings (SSSR count). The first-order valence-corrected chi connectivity index (χ1v) is 13.3. The Bertz CT molecular complexity index is 516. The van der Waals surface area contributed by atoms with E-state index < -0.39 is 5.97 Å². The summed E-state index contributed by atoms with van der Waals surface area (Å²) in [5.41, 5.74) is 0. The summed E-state index contributed by atoms with van der Waals surface area (Å²) in [4.78, 5) is 9.93. The molecule has 0 aromatic rings. The second-order valence-electron chi connectivity index (χ2n) is 9.18. The van der Waals surface area contributed by atoms with Crippen molar-refractivity contribution >= 4 is 5.97 Å². The van der Waals surface area contributed by atoms with Crippen LogP contribution in [0.2, 0.25) is 0 Å². The van der Waals surface area contributed by atoms with E-state index in [4.69, 9.17) is 5.11 Å². The molecule has 2 aliphatic rings. The van der Waals surface area contributed by atoms with Crippen LogP contribution >= 0.6 is 0 Å². The number of terminal acetylenes is 1. The first-order chi connectivity index (χ1) is 15.4. The lowest BCUT2D eigenvalue weighted by molar-refractivity contribution is -0.141. The van der Waals surface area contributed by atoms with Crippen LogP contribution in [0, 0.1) is 48.4 Å². The van der Waals surface area contributed by atoms with Crippen molar-refractivity contribution in [2.45, 2.75) is 113 Å². The Labute approximate surface area is 201 Å². The number of unbranched alkanes of at least 4 members (excludes halogenated alkanes) is 4. The SMILES string of the molecule is C#C.C/C=C\[C@@H]1CC[C@H]2C(C=C[C@H](C)C2CCCCCCC)C1.CC.CCC(C)C(=O)O. The topological polar surface area (TPSA) is 37.3 Å². The molecule has 0 aliphatic heterocycles. The summed E-state index contributed by atoms with van der Waals surface area (Å²) in [5.74, 6) is 3.60. The second kappa shape index (κ2) is 21.4. The number of carbonyl (C=O) groups is 1. The van der Waals surface area contributed by atoms with Crippen LogP contribution in [0.3, 0.4) is 0 Å². The molecule has 0 amide bonds. The molecule has 2 nitrogen and oxygen atoms in total. The van der Waals surface area contributed by atoms with E-state index in [9.17, 15) is 4.79 Å². The minimum atomic E-state index is -0.706. The first kappa shape index (κ1) is 32.7. The van der Waals surface area contributed by atoms with Crippen LogP contribution in [0.25, 0.3) is 0 Å². The Balaban J connectivity index is 0. The fraction of sp³-hybridized carbons (Fsp3) is 0.767. The van der Waals surface area contributed by atoms with Gasteiger partial charge in [-0.25, -0.2) is 0 Å². The first-order valence-electron chi connectivity index (χ1n) is 13.3. The minimum absolute atomic E-state index is 0.181. The fourth-order valence-corrected chi connectivity index (χ4v) is 4.95. The predicted octanol–water partition coefficient (Wildman–Crippen LogP) is 9.17. The lowest BCUT2D eigenvalue weighted by Gasteiger charge is -2.43. The molecule has 1 N–H and O–H groups in total. The van der Waals surface area contributed by atoms with Crippen LogP contribution in [0.1, 0.15) is 113 Å². The highest BCUT2D eigenvalue weighted by Gasteiger charge is 2.37. The zero-order valence-corrected chi connectivity index (χ0v) is 22.4. The molecular formula is C30H54O2. The van der Waals surface area contributed by atoms with Crippen LogP contribution < -0.4 is 0 Å². The van der Waals surface area contributed by atoms with Gasteiger partial charge in [0.1, 0.15) is 0 Å². The molecule has 0 aromatic carbocycles. The Hall–Kier alpha value is -1.49. The number of allylic oxidation sites excluding steroid dienone is 4. The van der Waals surface area contributed by atoms with Gasteiger partial charge in [0.15, 0.2) is 0 Å². The molecule has 0 heterocycles. The van der Waals surface area contributed by atoms with Crippen LogP contribution in [-0.4, -0.2) is 11.1 Å². The molecule has 186 valence electrons. The maximum Gasteiger partial charge on any atom is 0.306 e. The molecule has 0 spiro atoms. The number of hydrogen-bond donors (Lipinski definition) is 1. The summed E-state index contributed by atoms with van der Waals surface area (Å²) in [6.45, 7) is 14.5. The monoisotopic (exact) mass is 446 g/mol. The molecule has 2 heteroatoms. The lowest BCUT2D eigenvalue weighted by atomic mass is 9.62. The summed E-state index contributed by atoms with van der Waals surface area (Å²) in [7, 11) is 0. The Morgan fingerprint density at radius 2 is 1.72 bits per heavy atom. The van der Waals surface area contributed by atoms with Gasteiger partial charge >= 0.3 is 5.97 Å². The highest BCUT2D eigenvalue weighted by molar-refractivity contribution is 5.69. The van der Waals surface area contributed by atoms with Gasteiger partial charge in [-0.2, -0.15) is 0 Å². The van der Waals surface area contributed by atoms with Crippen LogP contribution in [0.4, 0.5) is 0 Å². The summed E-state index contributed by atoms with van der Waals surface area (Å²) >= 11 is 0. The molecule has 32 heavy (non-hydrogen) atoms. The second-order valence-corrected chi connectivity index (χ2v) is 9.18. The van der Waals surface area contributed by atoms with Gasteiger partial charge in [0.05, 0.1) is 5.92 Å². The van der Waals surface area contributed by atoms with Gasteiger partial charge in [0.25, 0.3) is 0 Å². The minimum Gasteiger partial charge on any atom is -0.481 e. The van der Waals surface area contributed by atoms with E-state index >= 15 is 0 Å². The van der Waals surface area contributed by atoms with Gasteiger partial charge in [-0.3, -0.25) is 4.79 Å². The normalized spacial score (nSPS) is 26.8. The number of hydrogen-bond acceptors (Lipinski definition) is 1. The Kier molecular flexibility index (Phi) is 21.8. The van der Waals surface area contributed by atoms with Crippen molar-refractivity contribution in [2.24, 2.45) is 35.5 Å². The van der Waals surface area contributed by atoms with E-state index in [1.807, 2.05) is 20.8 Å². The number of fused-ring (bicyclic) bond motifs is 1. The Morgan fingerprint density at radius 3 is 2.22 bits per heavy atom. The van der Waals surface area contributed by atoms with Gasteiger partial charge in [-0.05, 0) is 68.6 Å². The third-order valence-corrected chi connectivity index (χ3v) is 7.02. The zero-order chi connectivity index (χ0) is 24.9. The molecule has 2 aliphatic carbocycles. The van der Waals surface area contributed by atoms with Crippen LogP contribution in [0.15, 0.2) is 24.3 Å². The number of aliphatic carboxylic acids is 1. The van der Waals surface area contributed by atoms with E-state index in [-0.39, 0.29) is 5.92 Å². The van der Waals surface area contributed by atoms with E-state index in [0.717, 1.165) is 36.0 Å². The predicted molar refractivity (Wildman–Crippen MR) is 143 cm³/mol. The molecule has 0 saturated heterocycles. The standard InChI is InChI=1S/C21H36.C5H10O2.C2H6.C2H2/c1-4-6-7-8-9-11-20-17(3)12-14-19-16-18(10-5-2)13-15-21(19)20;1-3-4(2)5(6)7;2*1-2/h5,10,12,14,17-21H,4,6-9,11,13,15-16H2,1-3H3;4H,3H2,1-2H3,(H,6,7);1-2H3;1-2H/b10-5-;;;/t17-,18+,19?,20?,21-;;;/m0.../s1. The van der Waals surface area contributed by atoms with E-state index in [1.165, 1.54) is 57.8 Å². The zero-order valence-electron chi connectivity index (χ0n) is 22.4. The van der Waals surface area contributed by atoms with Gasteiger partial charge in [0.2, 0.25) is 0 Å². The molecular weight excluding hydrogens is 392 g/mol. The van der Waals surface area contributed by atoms with Crippen molar-refractivity contribution in [3.8, 4) is 12.8 Å². The smallest absolute Gasteiger partial charge is 0.306 e. The molecule has 0 aromatic heterocycles. The van der Waals surface area contributed by atoms with E-state index in [0.29, 0.717) is 0 Å². The number of carboxylic acid groups (broad SMARTS) is 1. The van der Waals surface area contributed by atoms with Gasteiger partial charge in [-0.15, -0.1) is 12.8 Å². The summed E-state index contributed by atoms with van der Waals surface area (Å²) < 4.78 is 0. The third kappa shape index (κ3) is 13.1. The van der Waals surface area contributed by atoms with Gasteiger partial charge in [0, 0.05) is 0 Å². The summed E-state index contributed by atoms with van der Waals surface area (Å²) in [5, 5.41) is 8.18. The lowest BCUT2D eigenvalue weighted by Crippen LogP contribution is -2.34. The number of carboxylic acids is 1. The quantitative estimate of drug-likeness (QED) is 0.218. The summed E-state index contributed by atoms with van der Waals surface area (Å²) in [6, 6.07) is 0. The van der Waals surface area contributed by atoms with Crippen LogP contribution in [0.5, 0.6) is 0 Å². The molecule has 1 saturated carbocycles. The van der Waals surface area contributed by atoms with E-state index in [2.05, 4.69) is 57.9 Å². The average Bonchev–Trinajstić information content (AvgIpc) is 2.82. The molecule has 0 bridgehead atoms. The van der Waals surface area contributed by atoms with Crippen molar-refractivity contribution in [3.05, 3.63) is 24.3 Å². The average molecular weight is 447 g/mol. The van der Waals surface area contributed by atoms with Crippen molar-refractivity contribution in [1.29, 1.82) is 0 Å². The fourth-order valence-electron chi connectivity index (χ4n) is 4.95. The maximum atomic E-state index is 9.93. The molecule has 0 radical (unpaired) electrons. The molecule has 3 unspecified atom stereocenters. The highest BCUT2D eigenvalue weighted by atomic mass is 16.4. The van der Waals surface area contributed by atoms with Crippen molar-refractivity contribution < 1.29 is 9.90 Å². The molecule has 6 atom stereocenters. The largest absolute Gasteiger partial charge is 0.481 e. The van der Waals surface area contributed by atoms with Gasteiger partial charge in [-0.1, -0.05) is 98.0 Å². The van der Waals surface area contributed by atoms with Crippen molar-refractivity contribution in [1.82, 2.24) is 0 Å².